The number of phenols is 1. The summed E-state index contributed by atoms with van der Waals surface area (Å²) < 4.78 is 10.8. The van der Waals surface area contributed by atoms with Crippen molar-refractivity contribution in [3.63, 3.8) is 0 Å². The van der Waals surface area contributed by atoms with E-state index in [0.29, 0.717) is 29.7 Å². The van der Waals surface area contributed by atoms with Crippen LogP contribution in [-0.4, -0.2) is 30.0 Å². The SMILES string of the molecule is COc1ccc(NC(=O)O[C@H](CCCO)c2ccc(O)c3ccccc23)cc1. The molecule has 3 rings (SSSR count). The molecule has 6 heteroatoms. The number of aliphatic hydroxyl groups is 1. The molecule has 0 spiro atoms. The molecule has 0 bridgehead atoms. The van der Waals surface area contributed by atoms with Crippen molar-refractivity contribution >= 4 is 22.6 Å². The van der Waals surface area contributed by atoms with Crippen LogP contribution in [0.1, 0.15) is 24.5 Å². The van der Waals surface area contributed by atoms with Crippen LogP contribution < -0.4 is 10.1 Å². The van der Waals surface area contributed by atoms with Gasteiger partial charge in [0.05, 0.1) is 7.11 Å². The van der Waals surface area contributed by atoms with Gasteiger partial charge in [-0.1, -0.05) is 30.3 Å². The molecule has 0 aliphatic heterocycles. The third kappa shape index (κ3) is 4.53. The molecule has 0 unspecified atom stereocenters. The lowest BCUT2D eigenvalue weighted by molar-refractivity contribution is 0.100. The molecule has 0 saturated heterocycles. The van der Waals surface area contributed by atoms with Gasteiger partial charge in [0.25, 0.3) is 0 Å². The van der Waals surface area contributed by atoms with Crippen molar-refractivity contribution in [2.45, 2.75) is 18.9 Å². The van der Waals surface area contributed by atoms with E-state index in [-0.39, 0.29) is 12.4 Å². The monoisotopic (exact) mass is 381 g/mol. The molecule has 3 aromatic carbocycles. The fourth-order valence-corrected chi connectivity index (χ4v) is 3.09. The predicted octanol–water partition coefficient (Wildman–Crippen LogP) is 4.62. The average Bonchev–Trinajstić information content (AvgIpc) is 2.72. The molecule has 0 aromatic heterocycles. The first-order valence-electron chi connectivity index (χ1n) is 9.05. The normalized spacial score (nSPS) is 11.8. The number of carbonyl (C=O) groups excluding carboxylic acids is 1. The molecule has 146 valence electrons. The molecule has 0 radical (unpaired) electrons. The maximum Gasteiger partial charge on any atom is 0.412 e. The lowest BCUT2D eigenvalue weighted by Gasteiger charge is -2.20. The van der Waals surface area contributed by atoms with Gasteiger partial charge in [-0.2, -0.15) is 0 Å². The van der Waals surface area contributed by atoms with Gasteiger partial charge >= 0.3 is 6.09 Å². The number of fused-ring (bicyclic) bond motifs is 1. The first kappa shape index (κ1) is 19.5. The van der Waals surface area contributed by atoms with Crippen LogP contribution in [0.2, 0.25) is 0 Å². The van der Waals surface area contributed by atoms with E-state index in [1.54, 1.807) is 43.5 Å². The fraction of sp³-hybridized carbons (Fsp3) is 0.227. The number of phenolic OH excluding ortho intramolecular Hbond substituents is 1. The fourth-order valence-electron chi connectivity index (χ4n) is 3.09. The number of rotatable bonds is 7. The summed E-state index contributed by atoms with van der Waals surface area (Å²) in [5.41, 5.74) is 1.37. The molecule has 0 heterocycles. The Balaban J connectivity index is 1.82. The minimum atomic E-state index is -0.592. The topological polar surface area (TPSA) is 88.0 Å². The Morgan fingerprint density at radius 3 is 2.43 bits per heavy atom. The Morgan fingerprint density at radius 2 is 1.75 bits per heavy atom. The lowest BCUT2D eigenvalue weighted by atomic mass is 9.97. The number of nitrogens with one attached hydrogen (secondary N) is 1. The highest BCUT2D eigenvalue weighted by Gasteiger charge is 2.20. The Labute approximate surface area is 163 Å². The van der Waals surface area contributed by atoms with Crippen LogP contribution >= 0.6 is 0 Å². The molecule has 6 nitrogen and oxygen atoms in total. The number of benzene rings is 3. The van der Waals surface area contributed by atoms with Gasteiger partial charge in [0.1, 0.15) is 17.6 Å². The van der Waals surface area contributed by atoms with E-state index >= 15 is 0 Å². The molecular formula is C22H23NO5. The minimum Gasteiger partial charge on any atom is -0.507 e. The number of aromatic hydroxyl groups is 1. The molecule has 3 N–H and O–H groups in total. The Kier molecular flexibility index (Phi) is 6.34. The Bertz CT molecular complexity index is 939. The van der Waals surface area contributed by atoms with Crippen molar-refractivity contribution in [3.05, 3.63) is 66.2 Å². The largest absolute Gasteiger partial charge is 0.507 e. The van der Waals surface area contributed by atoms with E-state index in [4.69, 9.17) is 9.47 Å². The van der Waals surface area contributed by atoms with Crippen molar-refractivity contribution in [1.29, 1.82) is 0 Å². The molecule has 1 atom stereocenters. The lowest BCUT2D eigenvalue weighted by Crippen LogP contribution is -2.18. The van der Waals surface area contributed by atoms with Crippen LogP contribution in [0.15, 0.2) is 60.7 Å². The summed E-state index contributed by atoms with van der Waals surface area (Å²) >= 11 is 0. The van der Waals surface area contributed by atoms with Gasteiger partial charge in [-0.25, -0.2) is 4.79 Å². The summed E-state index contributed by atoms with van der Waals surface area (Å²) in [5.74, 6) is 0.859. The summed E-state index contributed by atoms with van der Waals surface area (Å²) in [4.78, 5) is 12.4. The second-order valence-electron chi connectivity index (χ2n) is 6.33. The highest BCUT2D eigenvalue weighted by Crippen LogP contribution is 2.34. The summed E-state index contributed by atoms with van der Waals surface area (Å²) in [6.07, 6.45) is -0.210. The van der Waals surface area contributed by atoms with E-state index in [0.717, 1.165) is 10.9 Å². The van der Waals surface area contributed by atoms with Gasteiger partial charge < -0.3 is 19.7 Å². The third-order valence-corrected chi connectivity index (χ3v) is 4.49. The quantitative estimate of drug-likeness (QED) is 0.556. The first-order chi connectivity index (χ1) is 13.6. The van der Waals surface area contributed by atoms with Gasteiger partial charge in [0.2, 0.25) is 0 Å². The standard InChI is InChI=1S/C22H23NO5/c1-27-16-10-8-15(9-11-16)23-22(26)28-21(7-4-14-24)19-12-13-20(25)18-6-3-2-5-17(18)19/h2-3,5-6,8-13,21,24-25H,4,7,14H2,1H3,(H,23,26)/t21-/m1/s1. The van der Waals surface area contributed by atoms with E-state index < -0.39 is 12.2 Å². The number of carbonyl (C=O) groups is 1. The van der Waals surface area contributed by atoms with E-state index in [1.165, 1.54) is 0 Å². The highest BCUT2D eigenvalue weighted by atomic mass is 16.6. The first-order valence-corrected chi connectivity index (χ1v) is 9.05. The van der Waals surface area contributed by atoms with Gasteiger partial charge in [-0.05, 0) is 48.6 Å². The van der Waals surface area contributed by atoms with Crippen molar-refractivity contribution < 1.29 is 24.5 Å². The van der Waals surface area contributed by atoms with Crippen molar-refractivity contribution in [2.75, 3.05) is 19.0 Å². The zero-order valence-electron chi connectivity index (χ0n) is 15.6. The zero-order valence-corrected chi connectivity index (χ0v) is 15.6. The number of aliphatic hydroxyl groups excluding tert-OH is 1. The van der Waals surface area contributed by atoms with Crippen LogP contribution in [-0.2, 0) is 4.74 Å². The highest BCUT2D eigenvalue weighted by molar-refractivity contribution is 5.91. The molecular weight excluding hydrogens is 358 g/mol. The van der Waals surface area contributed by atoms with Crippen LogP contribution in [0.4, 0.5) is 10.5 Å². The second-order valence-corrected chi connectivity index (χ2v) is 6.33. The van der Waals surface area contributed by atoms with Crippen LogP contribution in [0, 0.1) is 0 Å². The molecule has 3 aromatic rings. The van der Waals surface area contributed by atoms with E-state index in [1.807, 2.05) is 24.3 Å². The second kappa shape index (κ2) is 9.10. The maximum absolute atomic E-state index is 12.4. The van der Waals surface area contributed by atoms with Gasteiger partial charge in [-0.3, -0.25) is 5.32 Å². The maximum atomic E-state index is 12.4. The molecule has 0 fully saturated rings. The Hall–Kier alpha value is -3.25. The molecule has 0 saturated carbocycles. The van der Waals surface area contributed by atoms with Gasteiger partial charge in [-0.15, -0.1) is 0 Å². The summed E-state index contributed by atoms with van der Waals surface area (Å²) in [7, 11) is 1.57. The summed E-state index contributed by atoms with van der Waals surface area (Å²) in [6.45, 7) is -0.00399. The number of ether oxygens (including phenoxy) is 2. The summed E-state index contributed by atoms with van der Waals surface area (Å²) in [6, 6.07) is 17.7. The summed E-state index contributed by atoms with van der Waals surface area (Å²) in [5, 5.41) is 23.5. The zero-order chi connectivity index (χ0) is 19.9. The molecule has 0 aliphatic carbocycles. The third-order valence-electron chi connectivity index (χ3n) is 4.49. The Morgan fingerprint density at radius 1 is 1.04 bits per heavy atom. The van der Waals surface area contributed by atoms with Crippen LogP contribution in [0.5, 0.6) is 11.5 Å². The predicted molar refractivity (Wildman–Crippen MR) is 108 cm³/mol. The number of methoxy groups -OCH3 is 1. The number of anilines is 1. The smallest absolute Gasteiger partial charge is 0.412 e. The number of hydrogen-bond acceptors (Lipinski definition) is 5. The molecule has 0 aliphatic rings. The minimum absolute atomic E-state index is 0.00399. The van der Waals surface area contributed by atoms with Crippen molar-refractivity contribution in [2.24, 2.45) is 0 Å². The van der Waals surface area contributed by atoms with Crippen molar-refractivity contribution in [3.8, 4) is 11.5 Å². The molecule has 1 amide bonds. The van der Waals surface area contributed by atoms with E-state index in [2.05, 4.69) is 5.32 Å². The van der Waals surface area contributed by atoms with Crippen molar-refractivity contribution in [1.82, 2.24) is 0 Å². The number of hydrogen-bond donors (Lipinski definition) is 3. The van der Waals surface area contributed by atoms with Crippen LogP contribution in [0.25, 0.3) is 10.8 Å². The number of amides is 1. The van der Waals surface area contributed by atoms with Crippen LogP contribution in [0.3, 0.4) is 0 Å². The van der Waals surface area contributed by atoms with Gasteiger partial charge in [0, 0.05) is 23.2 Å². The van der Waals surface area contributed by atoms with Gasteiger partial charge in [0.15, 0.2) is 0 Å². The van der Waals surface area contributed by atoms with E-state index in [9.17, 15) is 15.0 Å². The average molecular weight is 381 g/mol. The molecule has 28 heavy (non-hydrogen) atoms.